The van der Waals surface area contributed by atoms with E-state index in [-0.39, 0.29) is 0 Å². The van der Waals surface area contributed by atoms with E-state index in [0.29, 0.717) is 23.1 Å². The maximum Gasteiger partial charge on any atom is 0.165 e. The fraction of sp³-hybridized carbons (Fsp3) is 0.333. The lowest BCUT2D eigenvalue weighted by Crippen LogP contribution is -2.02. The van der Waals surface area contributed by atoms with Crippen molar-refractivity contribution in [2.24, 2.45) is 0 Å². The van der Waals surface area contributed by atoms with Gasteiger partial charge in [-0.05, 0) is 19.1 Å². The Balaban J connectivity index is 2.53. The zero-order chi connectivity index (χ0) is 15.2. The highest BCUT2D eigenvalue weighted by atomic mass is 16.5. The summed E-state index contributed by atoms with van der Waals surface area (Å²) in [5.41, 5.74) is 0.745. The van der Waals surface area contributed by atoms with Crippen LogP contribution in [-0.2, 0) is 0 Å². The van der Waals surface area contributed by atoms with E-state index in [0.717, 1.165) is 17.9 Å². The summed E-state index contributed by atoms with van der Waals surface area (Å²) in [6, 6.07) is 5.39. The second-order valence-electron chi connectivity index (χ2n) is 4.20. The summed E-state index contributed by atoms with van der Waals surface area (Å²) in [5.74, 6) is 3.15. The van der Waals surface area contributed by atoms with Gasteiger partial charge >= 0.3 is 0 Å². The molecule has 0 saturated heterocycles. The standard InChI is InChI=1S/C15H19N3O3/c1-5-16-14-6-7-17-15(18-14)10-8-12(20-3)13(21-4)9-11(10)19-2/h6-9H,5H2,1-4H3,(H,16,17,18). The number of rotatable bonds is 6. The molecule has 1 N–H and O–H groups in total. The van der Waals surface area contributed by atoms with Crippen LogP contribution in [0.3, 0.4) is 0 Å². The molecule has 112 valence electrons. The van der Waals surface area contributed by atoms with Crippen LogP contribution >= 0.6 is 0 Å². The van der Waals surface area contributed by atoms with Crippen LogP contribution in [0.25, 0.3) is 11.4 Å². The van der Waals surface area contributed by atoms with Crippen molar-refractivity contribution >= 4 is 5.82 Å². The summed E-state index contributed by atoms with van der Waals surface area (Å²) < 4.78 is 16.0. The van der Waals surface area contributed by atoms with Crippen LogP contribution in [0.1, 0.15) is 6.92 Å². The molecule has 6 heteroatoms. The average Bonchev–Trinajstić information content (AvgIpc) is 2.54. The summed E-state index contributed by atoms with van der Waals surface area (Å²) in [6.45, 7) is 2.80. The van der Waals surface area contributed by atoms with Gasteiger partial charge in [0.05, 0.1) is 26.9 Å². The Hall–Kier alpha value is -2.50. The molecule has 1 heterocycles. The van der Waals surface area contributed by atoms with Crippen molar-refractivity contribution in [2.45, 2.75) is 6.92 Å². The molecule has 21 heavy (non-hydrogen) atoms. The van der Waals surface area contributed by atoms with Gasteiger partial charge in [0.15, 0.2) is 17.3 Å². The van der Waals surface area contributed by atoms with E-state index in [9.17, 15) is 0 Å². The highest BCUT2D eigenvalue weighted by Gasteiger charge is 2.15. The molecule has 0 aliphatic carbocycles. The molecule has 2 aromatic rings. The van der Waals surface area contributed by atoms with Gasteiger partial charge in [-0.2, -0.15) is 0 Å². The molecule has 1 aromatic carbocycles. The molecular weight excluding hydrogens is 270 g/mol. The molecule has 2 rings (SSSR count). The number of hydrogen-bond donors (Lipinski definition) is 1. The van der Waals surface area contributed by atoms with Crippen molar-refractivity contribution in [1.82, 2.24) is 9.97 Å². The fourth-order valence-electron chi connectivity index (χ4n) is 1.97. The number of nitrogens with zero attached hydrogens (tertiary/aromatic N) is 2. The third-order valence-electron chi connectivity index (χ3n) is 2.96. The van der Waals surface area contributed by atoms with Crippen LogP contribution in [0, 0.1) is 0 Å². The summed E-state index contributed by atoms with van der Waals surface area (Å²) in [6.07, 6.45) is 1.70. The summed E-state index contributed by atoms with van der Waals surface area (Å²) >= 11 is 0. The van der Waals surface area contributed by atoms with Gasteiger partial charge in [0.25, 0.3) is 0 Å². The first kappa shape index (κ1) is 14.9. The molecule has 0 aliphatic rings. The van der Waals surface area contributed by atoms with Crippen molar-refractivity contribution < 1.29 is 14.2 Å². The molecule has 0 radical (unpaired) electrons. The Kier molecular flexibility index (Phi) is 4.81. The minimum absolute atomic E-state index is 0.561. The predicted molar refractivity (Wildman–Crippen MR) is 81.3 cm³/mol. The third-order valence-corrected chi connectivity index (χ3v) is 2.96. The molecule has 0 bridgehead atoms. The molecule has 0 unspecified atom stereocenters. The Morgan fingerprint density at radius 1 is 1.00 bits per heavy atom. The molecule has 0 fully saturated rings. The molecule has 6 nitrogen and oxygen atoms in total. The van der Waals surface area contributed by atoms with Gasteiger partial charge in [0, 0.05) is 18.8 Å². The van der Waals surface area contributed by atoms with Crippen LogP contribution in [0.4, 0.5) is 5.82 Å². The average molecular weight is 289 g/mol. The molecule has 0 amide bonds. The van der Waals surface area contributed by atoms with E-state index >= 15 is 0 Å². The molecule has 1 aromatic heterocycles. The molecule has 0 spiro atoms. The Labute approximate surface area is 124 Å². The van der Waals surface area contributed by atoms with Crippen molar-refractivity contribution in [1.29, 1.82) is 0 Å². The quantitative estimate of drug-likeness (QED) is 0.881. The van der Waals surface area contributed by atoms with Crippen LogP contribution in [0.5, 0.6) is 17.2 Å². The van der Waals surface area contributed by atoms with Gasteiger partial charge in [-0.25, -0.2) is 9.97 Å². The third kappa shape index (κ3) is 3.16. The van der Waals surface area contributed by atoms with Crippen LogP contribution < -0.4 is 19.5 Å². The van der Waals surface area contributed by atoms with E-state index in [4.69, 9.17) is 14.2 Å². The lowest BCUT2D eigenvalue weighted by molar-refractivity contribution is 0.349. The molecule has 0 atom stereocenters. The van der Waals surface area contributed by atoms with E-state index in [2.05, 4.69) is 15.3 Å². The number of nitrogens with one attached hydrogen (secondary N) is 1. The van der Waals surface area contributed by atoms with Gasteiger partial charge in [-0.3, -0.25) is 0 Å². The van der Waals surface area contributed by atoms with E-state index in [1.165, 1.54) is 0 Å². The smallest absolute Gasteiger partial charge is 0.165 e. The lowest BCUT2D eigenvalue weighted by atomic mass is 10.1. The SMILES string of the molecule is CCNc1ccnc(-c2cc(OC)c(OC)cc2OC)n1. The Morgan fingerprint density at radius 2 is 1.67 bits per heavy atom. The number of anilines is 1. The zero-order valence-corrected chi connectivity index (χ0v) is 12.6. The molecule has 0 saturated carbocycles. The zero-order valence-electron chi connectivity index (χ0n) is 12.6. The van der Waals surface area contributed by atoms with Crippen LogP contribution in [-0.4, -0.2) is 37.8 Å². The Morgan fingerprint density at radius 3 is 2.29 bits per heavy atom. The normalized spacial score (nSPS) is 10.1. The number of ether oxygens (including phenoxy) is 3. The monoisotopic (exact) mass is 289 g/mol. The highest BCUT2D eigenvalue weighted by molar-refractivity contribution is 5.70. The summed E-state index contributed by atoms with van der Waals surface area (Å²) in [5, 5.41) is 3.16. The summed E-state index contributed by atoms with van der Waals surface area (Å²) in [7, 11) is 4.77. The van der Waals surface area contributed by atoms with Crippen molar-refractivity contribution in [2.75, 3.05) is 33.2 Å². The second kappa shape index (κ2) is 6.78. The predicted octanol–water partition coefficient (Wildman–Crippen LogP) is 2.60. The van der Waals surface area contributed by atoms with Gasteiger partial charge in [0.2, 0.25) is 0 Å². The number of benzene rings is 1. The molecule has 0 aliphatic heterocycles. The van der Waals surface area contributed by atoms with E-state index in [1.807, 2.05) is 19.1 Å². The minimum Gasteiger partial charge on any atom is -0.496 e. The van der Waals surface area contributed by atoms with E-state index in [1.54, 1.807) is 33.6 Å². The number of aromatic nitrogens is 2. The van der Waals surface area contributed by atoms with Crippen LogP contribution in [0.2, 0.25) is 0 Å². The van der Waals surface area contributed by atoms with Crippen molar-refractivity contribution in [3.63, 3.8) is 0 Å². The first-order valence-corrected chi connectivity index (χ1v) is 6.60. The largest absolute Gasteiger partial charge is 0.496 e. The maximum atomic E-state index is 5.41. The first-order valence-electron chi connectivity index (χ1n) is 6.60. The summed E-state index contributed by atoms with van der Waals surface area (Å²) in [4.78, 5) is 8.78. The fourth-order valence-corrected chi connectivity index (χ4v) is 1.97. The van der Waals surface area contributed by atoms with Crippen molar-refractivity contribution in [3.8, 4) is 28.6 Å². The van der Waals surface area contributed by atoms with Gasteiger partial charge < -0.3 is 19.5 Å². The maximum absolute atomic E-state index is 5.41. The number of methoxy groups -OCH3 is 3. The second-order valence-corrected chi connectivity index (χ2v) is 4.20. The first-order chi connectivity index (χ1) is 10.2. The Bertz CT molecular complexity index is 617. The van der Waals surface area contributed by atoms with Crippen molar-refractivity contribution in [3.05, 3.63) is 24.4 Å². The lowest BCUT2D eigenvalue weighted by Gasteiger charge is -2.13. The number of hydrogen-bond acceptors (Lipinski definition) is 6. The van der Waals surface area contributed by atoms with Gasteiger partial charge in [-0.15, -0.1) is 0 Å². The van der Waals surface area contributed by atoms with Gasteiger partial charge in [-0.1, -0.05) is 0 Å². The molecular formula is C15H19N3O3. The topological polar surface area (TPSA) is 65.5 Å². The van der Waals surface area contributed by atoms with Crippen LogP contribution in [0.15, 0.2) is 24.4 Å². The minimum atomic E-state index is 0.561. The van der Waals surface area contributed by atoms with E-state index < -0.39 is 0 Å². The van der Waals surface area contributed by atoms with Gasteiger partial charge in [0.1, 0.15) is 11.6 Å². The highest BCUT2D eigenvalue weighted by Crippen LogP contribution is 2.38.